The number of hydrogen-bond acceptors (Lipinski definition) is 2. The zero-order valence-electron chi connectivity index (χ0n) is 11.8. The Kier molecular flexibility index (Phi) is 2.85. The van der Waals surface area contributed by atoms with Gasteiger partial charge in [0.25, 0.3) is 0 Å². The van der Waals surface area contributed by atoms with Crippen molar-refractivity contribution in [3.63, 3.8) is 0 Å². The van der Waals surface area contributed by atoms with Gasteiger partial charge in [0.1, 0.15) is 0 Å². The minimum atomic E-state index is -0.922. The summed E-state index contributed by atoms with van der Waals surface area (Å²) < 4.78 is 0. The summed E-state index contributed by atoms with van der Waals surface area (Å²) in [6, 6.07) is 17.1. The van der Waals surface area contributed by atoms with Crippen LogP contribution < -0.4 is 5.11 Å². The second-order valence-corrected chi connectivity index (χ2v) is 6.26. The lowest BCUT2D eigenvalue weighted by Crippen LogP contribution is -2.31. The van der Waals surface area contributed by atoms with Gasteiger partial charge < -0.3 is 9.90 Å². The van der Waals surface area contributed by atoms with Gasteiger partial charge >= 0.3 is 0 Å². The third-order valence-corrected chi connectivity index (χ3v) is 5.18. The number of carboxylic acids is 1. The molecule has 3 atom stereocenters. The van der Waals surface area contributed by atoms with Crippen molar-refractivity contribution >= 4 is 5.97 Å². The smallest absolute Gasteiger partial charge is 0.0417 e. The van der Waals surface area contributed by atoms with Crippen molar-refractivity contribution in [1.29, 1.82) is 0 Å². The number of fused-ring (bicyclic) bond motifs is 1. The number of carboxylic acid groups (broad SMARTS) is 1. The summed E-state index contributed by atoms with van der Waals surface area (Å²) in [5.74, 6) is -0.101. The Labute approximate surface area is 124 Å². The highest BCUT2D eigenvalue weighted by Crippen LogP contribution is 2.51. The summed E-state index contributed by atoms with van der Waals surface area (Å²) in [7, 11) is 0. The van der Waals surface area contributed by atoms with E-state index in [9.17, 15) is 9.90 Å². The number of carbonyl (C=O) groups is 1. The van der Waals surface area contributed by atoms with E-state index in [0.717, 1.165) is 12.8 Å². The fraction of sp³-hybridized carbons (Fsp3) is 0.316. The van der Waals surface area contributed by atoms with Crippen LogP contribution in [0.25, 0.3) is 0 Å². The third kappa shape index (κ3) is 1.98. The molecular formula is C19H17O2-. The maximum atomic E-state index is 11.1. The fourth-order valence-corrected chi connectivity index (χ4v) is 4.32. The second kappa shape index (κ2) is 4.73. The van der Waals surface area contributed by atoms with E-state index in [0.29, 0.717) is 11.8 Å². The molecule has 5 rings (SSSR count). The summed E-state index contributed by atoms with van der Waals surface area (Å²) in [5, 5.41) is 11.1. The highest BCUT2D eigenvalue weighted by Gasteiger charge is 2.39. The first-order valence-corrected chi connectivity index (χ1v) is 7.60. The molecule has 21 heavy (non-hydrogen) atoms. The molecule has 2 heteroatoms. The lowest BCUT2D eigenvalue weighted by Gasteiger charge is -2.35. The molecule has 0 heterocycles. The first kappa shape index (κ1) is 12.6. The summed E-state index contributed by atoms with van der Waals surface area (Å²) in [4.78, 5) is 11.1. The molecular weight excluding hydrogens is 260 g/mol. The number of benzene rings is 2. The SMILES string of the molecule is O=C([O-])CC1CC2c3ccccc3CC1c1ccccc12. The molecule has 2 aromatic carbocycles. The van der Waals surface area contributed by atoms with Crippen molar-refractivity contribution < 1.29 is 9.90 Å². The molecule has 3 aliphatic carbocycles. The number of aliphatic carboxylic acids is 1. The van der Waals surface area contributed by atoms with Gasteiger partial charge in [-0.25, -0.2) is 0 Å². The monoisotopic (exact) mass is 277 g/mol. The predicted molar refractivity (Wildman–Crippen MR) is 78.9 cm³/mol. The van der Waals surface area contributed by atoms with E-state index in [4.69, 9.17) is 0 Å². The summed E-state index contributed by atoms with van der Waals surface area (Å²) in [5.41, 5.74) is 5.50. The Bertz CT molecular complexity index is 704. The van der Waals surface area contributed by atoms with E-state index >= 15 is 0 Å². The van der Waals surface area contributed by atoms with Gasteiger partial charge in [0.05, 0.1) is 0 Å². The quantitative estimate of drug-likeness (QED) is 0.846. The van der Waals surface area contributed by atoms with E-state index in [1.807, 2.05) is 0 Å². The number of carbonyl (C=O) groups excluding carboxylic acids is 1. The maximum absolute atomic E-state index is 11.1. The summed E-state index contributed by atoms with van der Waals surface area (Å²) in [6.45, 7) is 0. The molecule has 3 aliphatic rings. The molecule has 0 aliphatic heterocycles. The molecule has 2 bridgehead atoms. The van der Waals surface area contributed by atoms with Crippen molar-refractivity contribution in [3.8, 4) is 0 Å². The van der Waals surface area contributed by atoms with Crippen LogP contribution in [0.1, 0.15) is 46.9 Å². The fourth-order valence-electron chi connectivity index (χ4n) is 4.32. The van der Waals surface area contributed by atoms with Crippen LogP contribution in [-0.2, 0) is 11.2 Å². The molecule has 2 nitrogen and oxygen atoms in total. The zero-order valence-corrected chi connectivity index (χ0v) is 11.8. The molecule has 0 saturated heterocycles. The van der Waals surface area contributed by atoms with Gasteiger partial charge in [0, 0.05) is 11.9 Å². The molecule has 3 unspecified atom stereocenters. The molecule has 0 saturated carbocycles. The number of hydrogen-bond donors (Lipinski definition) is 0. The molecule has 0 spiro atoms. The topological polar surface area (TPSA) is 40.1 Å². The Morgan fingerprint density at radius 1 is 1.00 bits per heavy atom. The average Bonchev–Trinajstić information content (AvgIpc) is 2.72. The minimum Gasteiger partial charge on any atom is -0.550 e. The van der Waals surface area contributed by atoms with Crippen LogP contribution in [0, 0.1) is 5.92 Å². The molecule has 0 fully saturated rings. The third-order valence-electron chi connectivity index (χ3n) is 5.18. The molecule has 0 amide bonds. The number of rotatable bonds is 2. The van der Waals surface area contributed by atoms with Crippen LogP contribution in [-0.4, -0.2) is 5.97 Å². The normalized spacial score (nSPS) is 25.8. The first-order valence-electron chi connectivity index (χ1n) is 7.60. The highest BCUT2D eigenvalue weighted by atomic mass is 16.4. The Morgan fingerprint density at radius 3 is 2.43 bits per heavy atom. The van der Waals surface area contributed by atoms with E-state index < -0.39 is 5.97 Å². The summed E-state index contributed by atoms with van der Waals surface area (Å²) >= 11 is 0. The van der Waals surface area contributed by atoms with Gasteiger partial charge in [-0.15, -0.1) is 0 Å². The van der Waals surface area contributed by atoms with Crippen molar-refractivity contribution in [3.05, 3.63) is 70.8 Å². The van der Waals surface area contributed by atoms with Crippen LogP contribution >= 0.6 is 0 Å². The molecule has 0 radical (unpaired) electrons. The van der Waals surface area contributed by atoms with Gasteiger partial charge in [-0.1, -0.05) is 48.5 Å². The van der Waals surface area contributed by atoms with Gasteiger partial charge in [0.2, 0.25) is 0 Å². The van der Waals surface area contributed by atoms with Gasteiger partial charge in [-0.3, -0.25) is 0 Å². The molecule has 0 aromatic heterocycles. The van der Waals surface area contributed by atoms with Crippen LogP contribution in [0.15, 0.2) is 48.5 Å². The first-order chi connectivity index (χ1) is 10.2. The van der Waals surface area contributed by atoms with Gasteiger partial charge in [0.15, 0.2) is 0 Å². The van der Waals surface area contributed by atoms with Gasteiger partial charge in [-0.05, 0) is 53.4 Å². The summed E-state index contributed by atoms with van der Waals surface area (Å²) in [6.07, 6.45) is 2.04. The Balaban J connectivity index is 1.89. The molecule has 0 N–H and O–H groups in total. The maximum Gasteiger partial charge on any atom is 0.0417 e. The van der Waals surface area contributed by atoms with Crippen molar-refractivity contribution in [2.24, 2.45) is 5.92 Å². The second-order valence-electron chi connectivity index (χ2n) is 6.26. The van der Waals surface area contributed by atoms with Crippen LogP contribution in [0.3, 0.4) is 0 Å². The average molecular weight is 277 g/mol. The van der Waals surface area contributed by atoms with E-state index in [1.165, 1.54) is 22.3 Å². The van der Waals surface area contributed by atoms with Crippen LogP contribution in [0.2, 0.25) is 0 Å². The van der Waals surface area contributed by atoms with Crippen molar-refractivity contribution in [2.45, 2.75) is 31.1 Å². The van der Waals surface area contributed by atoms with E-state index in [2.05, 4.69) is 48.5 Å². The lowest BCUT2D eigenvalue weighted by molar-refractivity contribution is -0.307. The predicted octanol–water partition coefficient (Wildman–Crippen LogP) is 2.62. The lowest BCUT2D eigenvalue weighted by atomic mass is 9.69. The minimum absolute atomic E-state index is 0.170. The standard InChI is InChI=1S/C19H18O2/c20-19(21)11-13-10-18-14-6-2-1-5-12(14)9-17(13)15-7-3-4-8-16(15)18/h1-8,13,17-18H,9-11H2,(H,20,21)/p-1. The molecule has 106 valence electrons. The zero-order chi connectivity index (χ0) is 14.4. The highest BCUT2D eigenvalue weighted by molar-refractivity contribution is 5.65. The molecule has 2 aromatic rings. The van der Waals surface area contributed by atoms with E-state index in [1.54, 1.807) is 0 Å². The van der Waals surface area contributed by atoms with Crippen molar-refractivity contribution in [1.82, 2.24) is 0 Å². The van der Waals surface area contributed by atoms with Crippen LogP contribution in [0.5, 0.6) is 0 Å². The largest absolute Gasteiger partial charge is 0.550 e. The Morgan fingerprint density at radius 2 is 1.67 bits per heavy atom. The van der Waals surface area contributed by atoms with Crippen molar-refractivity contribution in [2.75, 3.05) is 0 Å². The van der Waals surface area contributed by atoms with Gasteiger partial charge in [-0.2, -0.15) is 0 Å². The van der Waals surface area contributed by atoms with Crippen LogP contribution in [0.4, 0.5) is 0 Å². The Hall–Kier alpha value is -2.09. The van der Waals surface area contributed by atoms with E-state index in [-0.39, 0.29) is 12.3 Å².